The number of benzene rings is 1. The highest BCUT2D eigenvalue weighted by molar-refractivity contribution is 9.10. The van der Waals surface area contributed by atoms with Crippen molar-refractivity contribution in [3.63, 3.8) is 0 Å². The fourth-order valence-electron chi connectivity index (χ4n) is 2.36. The van der Waals surface area contributed by atoms with Gasteiger partial charge < -0.3 is 14.8 Å². The molecule has 21 heavy (non-hydrogen) atoms. The molecule has 1 aromatic rings. The molecule has 0 bridgehead atoms. The van der Waals surface area contributed by atoms with E-state index in [1.807, 2.05) is 26.8 Å². The summed E-state index contributed by atoms with van der Waals surface area (Å²) in [5.74, 6) is 0. The Kier molecular flexibility index (Phi) is 5.27. The molecular weight excluding hydrogens is 334 g/mol. The average molecular weight is 356 g/mol. The maximum Gasteiger partial charge on any atom is 0.407 e. The molecule has 5 heteroatoms. The lowest BCUT2D eigenvalue weighted by molar-refractivity contribution is 0.0329. The van der Waals surface area contributed by atoms with E-state index in [1.54, 1.807) is 0 Å². The molecule has 0 aromatic heterocycles. The van der Waals surface area contributed by atoms with E-state index in [2.05, 4.69) is 33.4 Å². The van der Waals surface area contributed by atoms with Gasteiger partial charge in [0, 0.05) is 11.0 Å². The number of carbonyl (C=O) groups is 1. The van der Waals surface area contributed by atoms with Gasteiger partial charge in [0.1, 0.15) is 5.60 Å². The third-order valence-corrected chi connectivity index (χ3v) is 3.71. The first kappa shape index (κ1) is 16.3. The van der Waals surface area contributed by atoms with E-state index >= 15 is 0 Å². The lowest BCUT2D eigenvalue weighted by Crippen LogP contribution is -2.33. The van der Waals surface area contributed by atoms with E-state index in [0.717, 1.165) is 23.9 Å². The molecular formula is C16H22BrNO3. The zero-order valence-corrected chi connectivity index (χ0v) is 14.3. The van der Waals surface area contributed by atoms with Gasteiger partial charge in [0.05, 0.1) is 12.7 Å². The summed E-state index contributed by atoms with van der Waals surface area (Å²) in [5, 5.41) is 2.78. The highest BCUT2D eigenvalue weighted by atomic mass is 79.9. The summed E-state index contributed by atoms with van der Waals surface area (Å²) in [6.45, 7) is 6.82. The maximum atomic E-state index is 11.6. The van der Waals surface area contributed by atoms with Crippen LogP contribution in [0.1, 0.15) is 44.4 Å². The van der Waals surface area contributed by atoms with E-state index < -0.39 is 5.60 Å². The van der Waals surface area contributed by atoms with Gasteiger partial charge in [0.25, 0.3) is 0 Å². The van der Waals surface area contributed by atoms with Gasteiger partial charge in [-0.15, -0.1) is 0 Å². The Morgan fingerprint density at radius 2 is 2.24 bits per heavy atom. The third-order valence-electron chi connectivity index (χ3n) is 3.22. The first-order valence-electron chi connectivity index (χ1n) is 7.22. The van der Waals surface area contributed by atoms with Crippen LogP contribution < -0.4 is 5.32 Å². The quantitative estimate of drug-likeness (QED) is 0.891. The van der Waals surface area contributed by atoms with Gasteiger partial charge in [0.2, 0.25) is 0 Å². The molecule has 0 aliphatic carbocycles. The van der Waals surface area contributed by atoms with E-state index in [4.69, 9.17) is 9.47 Å². The van der Waals surface area contributed by atoms with Crippen LogP contribution in [0.5, 0.6) is 0 Å². The number of rotatable bonds is 3. The molecule has 1 unspecified atom stereocenters. The Balaban J connectivity index is 1.87. The Morgan fingerprint density at radius 1 is 1.48 bits per heavy atom. The van der Waals surface area contributed by atoms with Gasteiger partial charge in [0.15, 0.2) is 0 Å². The minimum absolute atomic E-state index is 0.0387. The van der Waals surface area contributed by atoms with Crippen LogP contribution in [0.4, 0.5) is 4.79 Å². The highest BCUT2D eigenvalue weighted by Gasteiger charge is 2.21. The van der Waals surface area contributed by atoms with E-state index in [9.17, 15) is 4.79 Å². The molecule has 1 aliphatic rings. The second kappa shape index (κ2) is 6.79. The van der Waals surface area contributed by atoms with Crippen LogP contribution >= 0.6 is 15.9 Å². The number of ether oxygens (including phenoxy) is 2. The van der Waals surface area contributed by atoms with Crippen molar-refractivity contribution in [3.05, 3.63) is 33.8 Å². The lowest BCUT2D eigenvalue weighted by atomic mass is 9.96. The third kappa shape index (κ3) is 5.00. The first-order chi connectivity index (χ1) is 9.85. The van der Waals surface area contributed by atoms with Crippen LogP contribution in [0.3, 0.4) is 0 Å². The van der Waals surface area contributed by atoms with Gasteiger partial charge in [-0.05, 0) is 56.9 Å². The van der Waals surface area contributed by atoms with Crippen LogP contribution in [0.25, 0.3) is 0 Å². The largest absolute Gasteiger partial charge is 0.444 e. The molecule has 2 rings (SSSR count). The minimum atomic E-state index is -0.468. The van der Waals surface area contributed by atoms with Crippen molar-refractivity contribution >= 4 is 22.0 Å². The maximum absolute atomic E-state index is 11.6. The van der Waals surface area contributed by atoms with Crippen LogP contribution in [0, 0.1) is 0 Å². The van der Waals surface area contributed by atoms with Crippen molar-refractivity contribution in [1.29, 1.82) is 0 Å². The number of fused-ring (bicyclic) bond motifs is 1. The molecule has 1 aliphatic heterocycles. The number of hydrogen-bond acceptors (Lipinski definition) is 3. The molecule has 0 fully saturated rings. The fourth-order valence-corrected chi connectivity index (χ4v) is 2.77. The smallest absolute Gasteiger partial charge is 0.407 e. The van der Waals surface area contributed by atoms with Crippen molar-refractivity contribution in [2.45, 2.75) is 45.3 Å². The number of halogens is 1. The van der Waals surface area contributed by atoms with Crippen molar-refractivity contribution in [3.8, 4) is 0 Å². The summed E-state index contributed by atoms with van der Waals surface area (Å²) >= 11 is 3.50. The molecule has 0 spiro atoms. The number of nitrogens with one attached hydrogen (secondary N) is 1. The number of hydrogen-bond donors (Lipinski definition) is 1. The van der Waals surface area contributed by atoms with Gasteiger partial charge in [-0.3, -0.25) is 0 Å². The molecule has 0 saturated carbocycles. The van der Waals surface area contributed by atoms with Crippen LogP contribution in [-0.2, 0) is 15.9 Å². The Hall–Kier alpha value is -1.07. The first-order valence-corrected chi connectivity index (χ1v) is 8.01. The standard InChI is InChI=1S/C16H22BrNO3/c1-16(2,3)21-15(19)18-8-6-14-13-5-4-12(17)10-11(13)7-9-20-14/h4-5,10,14H,6-9H2,1-3H3,(H,18,19). The molecule has 0 radical (unpaired) electrons. The van der Waals surface area contributed by atoms with Crippen LogP contribution in [0.2, 0.25) is 0 Å². The number of amides is 1. The summed E-state index contributed by atoms with van der Waals surface area (Å²) in [5.41, 5.74) is 2.07. The number of alkyl carbamates (subject to hydrolysis) is 1. The molecule has 1 heterocycles. The normalized spacial score (nSPS) is 18.0. The summed E-state index contributed by atoms with van der Waals surface area (Å²) in [6.07, 6.45) is 1.34. The van der Waals surface area contributed by atoms with Crippen LogP contribution in [-0.4, -0.2) is 24.8 Å². The van der Waals surface area contributed by atoms with E-state index in [0.29, 0.717) is 6.54 Å². The fraction of sp³-hybridized carbons (Fsp3) is 0.562. The summed E-state index contributed by atoms with van der Waals surface area (Å²) in [4.78, 5) is 11.6. The van der Waals surface area contributed by atoms with Gasteiger partial charge in [-0.25, -0.2) is 4.79 Å². The second-order valence-corrected chi connectivity index (χ2v) is 7.09. The van der Waals surface area contributed by atoms with Gasteiger partial charge in [-0.1, -0.05) is 22.0 Å². The lowest BCUT2D eigenvalue weighted by Gasteiger charge is -2.26. The predicted octanol–water partition coefficient (Wildman–Crippen LogP) is 3.98. The van der Waals surface area contributed by atoms with E-state index in [-0.39, 0.29) is 12.2 Å². The molecule has 0 saturated heterocycles. The SMILES string of the molecule is CC(C)(C)OC(=O)NCCC1OCCc2cc(Br)ccc21. The van der Waals surface area contributed by atoms with Crippen LogP contribution in [0.15, 0.2) is 22.7 Å². The monoisotopic (exact) mass is 355 g/mol. The Bertz CT molecular complexity index is 511. The molecule has 1 aromatic carbocycles. The van der Waals surface area contributed by atoms with Crippen molar-refractivity contribution in [1.82, 2.24) is 5.32 Å². The molecule has 116 valence electrons. The van der Waals surface area contributed by atoms with Gasteiger partial charge >= 0.3 is 6.09 Å². The highest BCUT2D eigenvalue weighted by Crippen LogP contribution is 2.31. The molecule has 1 amide bonds. The zero-order chi connectivity index (χ0) is 15.5. The molecule has 1 atom stereocenters. The summed E-state index contributed by atoms with van der Waals surface area (Å²) in [7, 11) is 0. The molecule has 4 nitrogen and oxygen atoms in total. The van der Waals surface area contributed by atoms with Crippen molar-refractivity contribution in [2.75, 3.05) is 13.2 Å². The topological polar surface area (TPSA) is 47.6 Å². The predicted molar refractivity (Wildman–Crippen MR) is 85.4 cm³/mol. The van der Waals surface area contributed by atoms with Gasteiger partial charge in [-0.2, -0.15) is 0 Å². The average Bonchev–Trinajstić information content (AvgIpc) is 2.36. The zero-order valence-electron chi connectivity index (χ0n) is 12.7. The van der Waals surface area contributed by atoms with Crippen molar-refractivity contribution in [2.24, 2.45) is 0 Å². The second-order valence-electron chi connectivity index (χ2n) is 6.17. The minimum Gasteiger partial charge on any atom is -0.444 e. The Labute approximate surface area is 134 Å². The molecule has 1 N–H and O–H groups in total. The van der Waals surface area contributed by atoms with Crippen molar-refractivity contribution < 1.29 is 14.3 Å². The van der Waals surface area contributed by atoms with E-state index in [1.165, 1.54) is 11.1 Å². The summed E-state index contributed by atoms with van der Waals surface area (Å²) < 4.78 is 12.1. The number of carbonyl (C=O) groups excluding carboxylic acids is 1. The summed E-state index contributed by atoms with van der Waals surface area (Å²) in [6, 6.07) is 6.27. The Morgan fingerprint density at radius 3 is 2.95 bits per heavy atom.